The summed E-state index contributed by atoms with van der Waals surface area (Å²) in [5, 5.41) is 6.09. The highest BCUT2D eigenvalue weighted by Gasteiger charge is 2.18. The van der Waals surface area contributed by atoms with Crippen LogP contribution in [0.1, 0.15) is 31.9 Å². The summed E-state index contributed by atoms with van der Waals surface area (Å²) in [5.41, 5.74) is 3.79. The lowest BCUT2D eigenvalue weighted by atomic mass is 10.1. The van der Waals surface area contributed by atoms with E-state index in [-0.39, 0.29) is 0 Å². The minimum atomic E-state index is -0.479. The van der Waals surface area contributed by atoms with Gasteiger partial charge in [0.15, 0.2) is 0 Å². The van der Waals surface area contributed by atoms with Crippen LogP contribution >= 0.6 is 0 Å². The van der Waals surface area contributed by atoms with Gasteiger partial charge in [-0.25, -0.2) is 4.79 Å². The Labute approximate surface area is 108 Å². The van der Waals surface area contributed by atoms with Crippen molar-refractivity contribution in [3.63, 3.8) is 0 Å². The summed E-state index contributed by atoms with van der Waals surface area (Å²) in [4.78, 5) is 11.7. The first kappa shape index (κ1) is 12.7. The molecule has 0 unspecified atom stereocenters. The normalized spacial score (nSPS) is 13.8. The molecule has 1 aliphatic heterocycles. The Hall–Kier alpha value is -1.71. The Morgan fingerprint density at radius 1 is 1.39 bits per heavy atom. The van der Waals surface area contributed by atoms with Crippen molar-refractivity contribution in [2.45, 2.75) is 39.7 Å². The van der Waals surface area contributed by atoms with Gasteiger partial charge in [0.1, 0.15) is 5.60 Å². The summed E-state index contributed by atoms with van der Waals surface area (Å²) < 4.78 is 5.25. The number of benzene rings is 1. The average Bonchev–Trinajstić information content (AvgIpc) is 2.62. The van der Waals surface area contributed by atoms with E-state index in [1.807, 2.05) is 33.8 Å². The van der Waals surface area contributed by atoms with E-state index >= 15 is 0 Å². The number of anilines is 2. The lowest BCUT2D eigenvalue weighted by Crippen LogP contribution is -2.27. The largest absolute Gasteiger partial charge is 0.444 e. The zero-order chi connectivity index (χ0) is 13.3. The molecular formula is C14H20N2O2. The highest BCUT2D eigenvalue weighted by atomic mass is 16.6. The highest BCUT2D eigenvalue weighted by Crippen LogP contribution is 2.29. The quantitative estimate of drug-likeness (QED) is 0.801. The summed E-state index contributed by atoms with van der Waals surface area (Å²) in [7, 11) is 0. The molecule has 0 bridgehead atoms. The summed E-state index contributed by atoms with van der Waals surface area (Å²) in [5.74, 6) is 0. The Bertz CT molecular complexity index is 475. The van der Waals surface area contributed by atoms with Crippen LogP contribution < -0.4 is 10.6 Å². The van der Waals surface area contributed by atoms with Crippen molar-refractivity contribution in [2.75, 3.05) is 17.2 Å². The second-order valence-corrected chi connectivity index (χ2v) is 5.63. The van der Waals surface area contributed by atoms with Gasteiger partial charge in [0.05, 0.1) is 0 Å². The third kappa shape index (κ3) is 2.94. The molecule has 0 radical (unpaired) electrons. The molecule has 1 aromatic carbocycles. The van der Waals surface area contributed by atoms with E-state index in [1.54, 1.807) is 0 Å². The molecule has 18 heavy (non-hydrogen) atoms. The van der Waals surface area contributed by atoms with E-state index < -0.39 is 11.7 Å². The summed E-state index contributed by atoms with van der Waals surface area (Å²) >= 11 is 0. The van der Waals surface area contributed by atoms with Crippen LogP contribution in [0.3, 0.4) is 0 Å². The maximum Gasteiger partial charge on any atom is 0.412 e. The predicted octanol–water partition coefficient (Wildman–Crippen LogP) is 3.31. The molecule has 2 rings (SSSR count). The van der Waals surface area contributed by atoms with Crippen LogP contribution in [-0.4, -0.2) is 18.2 Å². The van der Waals surface area contributed by atoms with Crippen LogP contribution in [0.15, 0.2) is 12.1 Å². The van der Waals surface area contributed by atoms with Crippen molar-refractivity contribution < 1.29 is 9.53 Å². The van der Waals surface area contributed by atoms with Gasteiger partial charge in [-0.3, -0.25) is 5.32 Å². The fourth-order valence-corrected chi connectivity index (χ4v) is 2.02. The molecule has 0 spiro atoms. The number of ether oxygens (including phenoxy) is 1. The second-order valence-electron chi connectivity index (χ2n) is 5.63. The molecule has 0 aliphatic carbocycles. The first-order chi connectivity index (χ1) is 8.35. The molecule has 0 atom stereocenters. The second kappa shape index (κ2) is 4.52. The third-order valence-corrected chi connectivity index (χ3v) is 2.80. The van der Waals surface area contributed by atoms with Crippen LogP contribution in [0.4, 0.5) is 16.2 Å². The number of carbonyl (C=O) groups is 1. The van der Waals surface area contributed by atoms with E-state index in [9.17, 15) is 4.79 Å². The van der Waals surface area contributed by atoms with Crippen molar-refractivity contribution in [1.82, 2.24) is 0 Å². The van der Waals surface area contributed by atoms with Crippen LogP contribution in [0.5, 0.6) is 0 Å². The fraction of sp³-hybridized carbons (Fsp3) is 0.500. The maximum atomic E-state index is 11.7. The van der Waals surface area contributed by atoms with E-state index in [2.05, 4.69) is 16.7 Å². The number of nitrogens with one attached hydrogen (secondary N) is 2. The minimum absolute atomic E-state index is 0.413. The summed E-state index contributed by atoms with van der Waals surface area (Å²) in [6.07, 6.45) is 0.631. The number of fused-ring (bicyclic) bond motifs is 1. The summed E-state index contributed by atoms with van der Waals surface area (Å²) in [6.45, 7) is 8.51. The number of hydrogen-bond acceptors (Lipinski definition) is 3. The van der Waals surface area contributed by atoms with Crippen molar-refractivity contribution in [3.05, 3.63) is 23.3 Å². The third-order valence-electron chi connectivity index (χ3n) is 2.80. The standard InChI is InChI=1S/C14H20N2O2/c1-9-7-10-5-6-15-12(10)8-11(9)16-13(17)18-14(2,3)4/h7-8,15H,5-6H2,1-4H3,(H,16,17). The first-order valence-corrected chi connectivity index (χ1v) is 6.22. The number of amides is 1. The van der Waals surface area contributed by atoms with Crippen molar-refractivity contribution >= 4 is 17.5 Å². The first-order valence-electron chi connectivity index (χ1n) is 6.22. The lowest BCUT2D eigenvalue weighted by Gasteiger charge is -2.20. The van der Waals surface area contributed by atoms with Gasteiger partial charge >= 0.3 is 6.09 Å². The van der Waals surface area contributed by atoms with E-state index in [0.717, 1.165) is 29.9 Å². The highest BCUT2D eigenvalue weighted by molar-refractivity contribution is 5.87. The van der Waals surface area contributed by atoms with Gasteiger partial charge in [0.25, 0.3) is 0 Å². The molecule has 1 aliphatic rings. The van der Waals surface area contributed by atoms with Gasteiger partial charge in [0.2, 0.25) is 0 Å². The molecule has 0 fully saturated rings. The molecule has 4 nitrogen and oxygen atoms in total. The van der Waals surface area contributed by atoms with Gasteiger partial charge in [-0.1, -0.05) is 6.07 Å². The molecule has 4 heteroatoms. The molecule has 98 valence electrons. The average molecular weight is 248 g/mol. The lowest BCUT2D eigenvalue weighted by molar-refractivity contribution is 0.0636. The molecule has 2 N–H and O–H groups in total. The van der Waals surface area contributed by atoms with Gasteiger partial charge in [-0.05, 0) is 51.3 Å². The molecule has 0 saturated heterocycles. The number of carbonyl (C=O) groups excluding carboxylic acids is 1. The van der Waals surface area contributed by atoms with Gasteiger partial charge < -0.3 is 10.1 Å². The number of aryl methyl sites for hydroxylation is 1. The Morgan fingerprint density at radius 3 is 2.78 bits per heavy atom. The molecule has 1 amide bonds. The van der Waals surface area contributed by atoms with Crippen molar-refractivity contribution in [2.24, 2.45) is 0 Å². The Balaban J connectivity index is 2.12. The van der Waals surface area contributed by atoms with Gasteiger partial charge in [-0.15, -0.1) is 0 Å². The SMILES string of the molecule is Cc1cc2c(cc1NC(=O)OC(C)(C)C)NCC2. The molecule has 0 aromatic heterocycles. The van der Waals surface area contributed by atoms with Crippen molar-refractivity contribution in [1.29, 1.82) is 0 Å². The van der Waals surface area contributed by atoms with E-state index in [1.165, 1.54) is 5.56 Å². The zero-order valence-electron chi connectivity index (χ0n) is 11.4. The van der Waals surface area contributed by atoms with Crippen LogP contribution in [-0.2, 0) is 11.2 Å². The van der Waals surface area contributed by atoms with Crippen LogP contribution in [0, 0.1) is 6.92 Å². The predicted molar refractivity (Wildman–Crippen MR) is 73.2 cm³/mol. The van der Waals surface area contributed by atoms with Crippen LogP contribution in [0.2, 0.25) is 0 Å². The van der Waals surface area contributed by atoms with E-state index in [4.69, 9.17) is 4.74 Å². The molecule has 1 heterocycles. The smallest absolute Gasteiger partial charge is 0.412 e. The molecule has 1 aromatic rings. The zero-order valence-corrected chi connectivity index (χ0v) is 11.4. The topological polar surface area (TPSA) is 50.4 Å². The van der Waals surface area contributed by atoms with Gasteiger partial charge in [0, 0.05) is 17.9 Å². The molecule has 0 saturated carbocycles. The van der Waals surface area contributed by atoms with Gasteiger partial charge in [-0.2, -0.15) is 0 Å². The Kier molecular flexibility index (Phi) is 3.20. The Morgan fingerprint density at radius 2 is 2.11 bits per heavy atom. The monoisotopic (exact) mass is 248 g/mol. The minimum Gasteiger partial charge on any atom is -0.444 e. The van der Waals surface area contributed by atoms with Crippen molar-refractivity contribution in [3.8, 4) is 0 Å². The number of hydrogen-bond donors (Lipinski definition) is 2. The van der Waals surface area contributed by atoms with Crippen LogP contribution in [0.25, 0.3) is 0 Å². The molecular weight excluding hydrogens is 228 g/mol. The number of rotatable bonds is 1. The summed E-state index contributed by atoms with van der Waals surface area (Å²) in [6, 6.07) is 4.09. The van der Waals surface area contributed by atoms with E-state index in [0.29, 0.717) is 0 Å². The fourth-order valence-electron chi connectivity index (χ4n) is 2.02. The maximum absolute atomic E-state index is 11.7.